The molecule has 0 amide bonds. The lowest BCUT2D eigenvalue weighted by molar-refractivity contribution is 0.398. The lowest BCUT2D eigenvalue weighted by Gasteiger charge is -2.13. The molecule has 0 unspecified atom stereocenters. The quantitative estimate of drug-likeness (QED) is 0.547. The Bertz CT molecular complexity index is 724. The average molecular weight is 377 g/mol. The van der Waals surface area contributed by atoms with E-state index in [1.165, 1.54) is 4.88 Å². The van der Waals surface area contributed by atoms with Crippen molar-refractivity contribution in [3.05, 3.63) is 39.3 Å². The third kappa shape index (κ3) is 5.62. The van der Waals surface area contributed by atoms with Gasteiger partial charge in [0.25, 0.3) is 0 Å². The van der Waals surface area contributed by atoms with E-state index in [0.29, 0.717) is 6.54 Å². The van der Waals surface area contributed by atoms with Gasteiger partial charge in [-0.25, -0.2) is 9.98 Å². The summed E-state index contributed by atoms with van der Waals surface area (Å²) in [5, 5.41) is 7.67. The Hall–Kier alpha value is -2.28. The van der Waals surface area contributed by atoms with E-state index in [1.807, 2.05) is 25.1 Å². The monoisotopic (exact) mass is 376 g/mol. The van der Waals surface area contributed by atoms with Gasteiger partial charge < -0.3 is 20.1 Å². The van der Waals surface area contributed by atoms with Crippen LogP contribution in [0.1, 0.15) is 28.1 Å². The summed E-state index contributed by atoms with van der Waals surface area (Å²) in [6.07, 6.45) is 0.806. The molecule has 2 N–H and O–H groups in total. The number of guanidine groups is 1. The second-order valence-electron chi connectivity index (χ2n) is 5.80. The van der Waals surface area contributed by atoms with Crippen LogP contribution in [0.5, 0.6) is 11.5 Å². The Balaban J connectivity index is 1.96. The highest BCUT2D eigenvalue weighted by Crippen LogP contribution is 2.24. The number of aryl methyl sites for hydroxylation is 2. The van der Waals surface area contributed by atoms with Gasteiger partial charge in [-0.05, 0) is 51.0 Å². The zero-order chi connectivity index (χ0) is 18.9. The number of benzene rings is 1. The normalized spacial score (nSPS) is 11.3. The van der Waals surface area contributed by atoms with Crippen LogP contribution in [0.4, 0.5) is 0 Å². The molecule has 0 saturated heterocycles. The molecule has 6 nitrogen and oxygen atoms in total. The molecule has 0 bridgehead atoms. The number of aliphatic imine (C=N–C) groups is 1. The van der Waals surface area contributed by atoms with E-state index in [0.717, 1.165) is 53.2 Å². The van der Waals surface area contributed by atoms with Crippen molar-refractivity contribution in [2.45, 2.75) is 33.7 Å². The van der Waals surface area contributed by atoms with Crippen LogP contribution in [0, 0.1) is 13.8 Å². The summed E-state index contributed by atoms with van der Waals surface area (Å²) in [5.74, 6) is 2.49. The molecule has 2 aromatic rings. The Morgan fingerprint density at radius 3 is 2.62 bits per heavy atom. The maximum absolute atomic E-state index is 5.43. The van der Waals surface area contributed by atoms with Gasteiger partial charge in [-0.3, -0.25) is 0 Å². The van der Waals surface area contributed by atoms with Crippen LogP contribution in [-0.2, 0) is 13.0 Å². The Morgan fingerprint density at radius 2 is 2.00 bits per heavy atom. The SMILES string of the molecule is CCNC(=NCc1nc(C)c(C)s1)NCCc1cc(OC)ccc1OC. The highest BCUT2D eigenvalue weighted by atomic mass is 32.1. The molecule has 142 valence electrons. The van der Waals surface area contributed by atoms with Crippen molar-refractivity contribution in [1.29, 1.82) is 0 Å². The lowest BCUT2D eigenvalue weighted by Crippen LogP contribution is -2.38. The van der Waals surface area contributed by atoms with E-state index < -0.39 is 0 Å². The van der Waals surface area contributed by atoms with Gasteiger partial charge in [0, 0.05) is 18.0 Å². The summed E-state index contributed by atoms with van der Waals surface area (Å²) in [5.41, 5.74) is 2.18. The maximum Gasteiger partial charge on any atom is 0.191 e. The van der Waals surface area contributed by atoms with Gasteiger partial charge in [0.2, 0.25) is 0 Å². The summed E-state index contributed by atoms with van der Waals surface area (Å²) in [6.45, 7) is 8.31. The standard InChI is InChI=1S/C19H28N4O2S/c1-6-20-19(22-12-18-23-13(2)14(3)26-18)21-10-9-15-11-16(24-4)7-8-17(15)25-5/h7-8,11H,6,9-10,12H2,1-5H3,(H2,20,21,22). The number of methoxy groups -OCH3 is 2. The number of nitrogens with one attached hydrogen (secondary N) is 2. The van der Waals surface area contributed by atoms with Crippen LogP contribution in [0.15, 0.2) is 23.2 Å². The minimum Gasteiger partial charge on any atom is -0.497 e. The molecule has 0 spiro atoms. The largest absolute Gasteiger partial charge is 0.497 e. The molecular weight excluding hydrogens is 348 g/mol. The molecule has 1 aromatic carbocycles. The smallest absolute Gasteiger partial charge is 0.191 e. The van der Waals surface area contributed by atoms with E-state index in [2.05, 4.69) is 34.5 Å². The number of ether oxygens (including phenoxy) is 2. The van der Waals surface area contributed by atoms with Gasteiger partial charge in [0.1, 0.15) is 16.5 Å². The molecule has 2 rings (SSSR count). The average Bonchev–Trinajstić information content (AvgIpc) is 2.97. The van der Waals surface area contributed by atoms with Gasteiger partial charge in [-0.2, -0.15) is 0 Å². The number of rotatable bonds is 8. The minimum atomic E-state index is 0.581. The van der Waals surface area contributed by atoms with Gasteiger partial charge in [0.05, 0.1) is 26.5 Å². The second-order valence-corrected chi connectivity index (χ2v) is 7.09. The van der Waals surface area contributed by atoms with Crippen LogP contribution in [0.2, 0.25) is 0 Å². The van der Waals surface area contributed by atoms with E-state index in [1.54, 1.807) is 25.6 Å². The first-order valence-corrected chi connectivity index (χ1v) is 9.55. The molecule has 0 saturated carbocycles. The van der Waals surface area contributed by atoms with Crippen LogP contribution in [0.25, 0.3) is 0 Å². The van der Waals surface area contributed by atoms with Crippen molar-refractivity contribution in [2.75, 3.05) is 27.3 Å². The van der Waals surface area contributed by atoms with Crippen LogP contribution < -0.4 is 20.1 Å². The van der Waals surface area contributed by atoms with Crippen molar-refractivity contribution >= 4 is 17.3 Å². The second kappa shape index (κ2) is 10.0. The molecule has 1 heterocycles. The summed E-state index contributed by atoms with van der Waals surface area (Å²) in [6, 6.07) is 5.84. The first kappa shape index (κ1) is 20.0. The maximum atomic E-state index is 5.43. The predicted octanol–water partition coefficient (Wildman–Crippen LogP) is 3.07. The molecule has 7 heteroatoms. The molecule has 1 aromatic heterocycles. The number of nitrogens with zero attached hydrogens (tertiary/aromatic N) is 2. The first-order chi connectivity index (χ1) is 12.6. The van der Waals surface area contributed by atoms with Crippen molar-refractivity contribution in [1.82, 2.24) is 15.6 Å². The van der Waals surface area contributed by atoms with E-state index >= 15 is 0 Å². The molecule has 0 aliphatic carbocycles. The molecule has 0 aliphatic rings. The third-order valence-electron chi connectivity index (χ3n) is 3.96. The summed E-state index contributed by atoms with van der Waals surface area (Å²) in [7, 11) is 3.35. The topological polar surface area (TPSA) is 67.8 Å². The van der Waals surface area contributed by atoms with Crippen molar-refractivity contribution in [3.8, 4) is 11.5 Å². The molecule has 26 heavy (non-hydrogen) atoms. The zero-order valence-corrected chi connectivity index (χ0v) is 17.0. The fourth-order valence-corrected chi connectivity index (χ4v) is 3.35. The fourth-order valence-electron chi connectivity index (χ4n) is 2.49. The molecular formula is C19H28N4O2S. The van der Waals surface area contributed by atoms with Gasteiger partial charge in [-0.1, -0.05) is 0 Å². The predicted molar refractivity (Wildman–Crippen MR) is 108 cm³/mol. The zero-order valence-electron chi connectivity index (χ0n) is 16.2. The summed E-state index contributed by atoms with van der Waals surface area (Å²) >= 11 is 1.70. The summed E-state index contributed by atoms with van der Waals surface area (Å²) in [4.78, 5) is 10.4. The number of thiazole rings is 1. The molecule has 0 aliphatic heterocycles. The van der Waals surface area contributed by atoms with Crippen molar-refractivity contribution < 1.29 is 9.47 Å². The van der Waals surface area contributed by atoms with Gasteiger partial charge >= 0.3 is 0 Å². The van der Waals surface area contributed by atoms with Crippen LogP contribution >= 0.6 is 11.3 Å². The van der Waals surface area contributed by atoms with Gasteiger partial charge in [-0.15, -0.1) is 11.3 Å². The molecule has 0 radical (unpaired) electrons. The first-order valence-electron chi connectivity index (χ1n) is 8.73. The van der Waals surface area contributed by atoms with E-state index in [9.17, 15) is 0 Å². The lowest BCUT2D eigenvalue weighted by atomic mass is 10.1. The highest BCUT2D eigenvalue weighted by Gasteiger charge is 2.07. The number of aromatic nitrogens is 1. The Labute approximate surface area is 159 Å². The molecule has 0 atom stereocenters. The molecule has 0 fully saturated rings. The number of hydrogen-bond acceptors (Lipinski definition) is 5. The van der Waals surface area contributed by atoms with Crippen molar-refractivity contribution in [3.63, 3.8) is 0 Å². The van der Waals surface area contributed by atoms with E-state index in [4.69, 9.17) is 9.47 Å². The van der Waals surface area contributed by atoms with Crippen molar-refractivity contribution in [2.24, 2.45) is 4.99 Å². The Morgan fingerprint density at radius 1 is 1.19 bits per heavy atom. The minimum absolute atomic E-state index is 0.581. The third-order valence-corrected chi connectivity index (χ3v) is 5.02. The summed E-state index contributed by atoms with van der Waals surface area (Å²) < 4.78 is 10.7. The number of hydrogen-bond donors (Lipinski definition) is 2. The van der Waals surface area contributed by atoms with Crippen LogP contribution in [0.3, 0.4) is 0 Å². The fraction of sp³-hybridized carbons (Fsp3) is 0.474. The highest BCUT2D eigenvalue weighted by molar-refractivity contribution is 7.11. The van der Waals surface area contributed by atoms with Crippen LogP contribution in [-0.4, -0.2) is 38.3 Å². The Kier molecular flexibility index (Phi) is 7.72. The van der Waals surface area contributed by atoms with Gasteiger partial charge in [0.15, 0.2) is 5.96 Å². The van der Waals surface area contributed by atoms with E-state index in [-0.39, 0.29) is 0 Å².